The summed E-state index contributed by atoms with van der Waals surface area (Å²) >= 11 is 0. The standard InChI is InChI=1S/C19H22N2O5S/c1-4-25-14-6-8-15(9-7-14)27(23,24)21-13-5-10-17-16(11-13)20-18(22)19(2,3)12-26-17/h5-11,21H,4,12H2,1-3H3,(H,20,22). The van der Waals surface area contributed by atoms with Gasteiger partial charge in [-0.2, -0.15) is 0 Å². The highest BCUT2D eigenvalue weighted by Crippen LogP contribution is 2.34. The van der Waals surface area contributed by atoms with Gasteiger partial charge in [-0.3, -0.25) is 9.52 Å². The second-order valence-corrected chi connectivity index (χ2v) is 8.53. The average Bonchev–Trinajstić information content (AvgIpc) is 2.72. The summed E-state index contributed by atoms with van der Waals surface area (Å²) in [5, 5.41) is 2.78. The van der Waals surface area contributed by atoms with Gasteiger partial charge in [0.1, 0.15) is 18.1 Å². The third kappa shape index (κ3) is 4.16. The van der Waals surface area contributed by atoms with Crippen LogP contribution in [0, 0.1) is 5.41 Å². The van der Waals surface area contributed by atoms with Crippen LogP contribution in [0.5, 0.6) is 11.5 Å². The average molecular weight is 390 g/mol. The van der Waals surface area contributed by atoms with E-state index in [4.69, 9.17) is 9.47 Å². The molecule has 0 spiro atoms. The number of rotatable bonds is 5. The molecular formula is C19H22N2O5S. The van der Waals surface area contributed by atoms with Gasteiger partial charge < -0.3 is 14.8 Å². The van der Waals surface area contributed by atoms with E-state index < -0.39 is 15.4 Å². The Bertz CT molecular complexity index is 953. The number of hydrogen-bond acceptors (Lipinski definition) is 5. The molecule has 144 valence electrons. The molecule has 0 saturated carbocycles. The van der Waals surface area contributed by atoms with Crippen LogP contribution < -0.4 is 19.5 Å². The van der Waals surface area contributed by atoms with Crippen molar-refractivity contribution in [2.75, 3.05) is 23.3 Å². The first-order valence-corrected chi connectivity index (χ1v) is 10.0. The number of carbonyl (C=O) groups excluding carboxylic acids is 1. The van der Waals surface area contributed by atoms with Crippen LogP contribution >= 0.6 is 0 Å². The maximum Gasteiger partial charge on any atom is 0.261 e. The highest BCUT2D eigenvalue weighted by Gasteiger charge is 2.32. The van der Waals surface area contributed by atoms with E-state index in [1.165, 1.54) is 12.1 Å². The molecule has 0 aromatic heterocycles. The lowest BCUT2D eigenvalue weighted by atomic mass is 9.94. The topological polar surface area (TPSA) is 93.7 Å². The van der Waals surface area contributed by atoms with Crippen LogP contribution in [0.2, 0.25) is 0 Å². The Morgan fingerprint density at radius 1 is 1.19 bits per heavy atom. The second-order valence-electron chi connectivity index (χ2n) is 6.85. The van der Waals surface area contributed by atoms with Crippen molar-refractivity contribution in [2.24, 2.45) is 5.41 Å². The maximum atomic E-state index is 12.6. The third-order valence-corrected chi connectivity index (χ3v) is 5.53. The van der Waals surface area contributed by atoms with E-state index in [0.717, 1.165) is 0 Å². The highest BCUT2D eigenvalue weighted by molar-refractivity contribution is 7.92. The Morgan fingerprint density at radius 3 is 2.56 bits per heavy atom. The van der Waals surface area contributed by atoms with Crippen LogP contribution in [0.15, 0.2) is 47.4 Å². The van der Waals surface area contributed by atoms with Crippen LogP contribution in [-0.2, 0) is 14.8 Å². The van der Waals surface area contributed by atoms with E-state index in [0.29, 0.717) is 29.5 Å². The molecule has 1 aliphatic heterocycles. The first-order chi connectivity index (χ1) is 12.7. The second kappa shape index (κ2) is 7.11. The molecule has 0 bridgehead atoms. The molecule has 3 rings (SSSR count). The van der Waals surface area contributed by atoms with E-state index >= 15 is 0 Å². The Kier molecular flexibility index (Phi) is 5.01. The van der Waals surface area contributed by atoms with Gasteiger partial charge in [0.05, 0.1) is 28.3 Å². The summed E-state index contributed by atoms with van der Waals surface area (Å²) in [5.74, 6) is 0.912. The van der Waals surface area contributed by atoms with Crippen molar-refractivity contribution in [3.05, 3.63) is 42.5 Å². The smallest absolute Gasteiger partial charge is 0.261 e. The zero-order chi connectivity index (χ0) is 19.7. The number of amides is 1. The van der Waals surface area contributed by atoms with Crippen LogP contribution in [0.4, 0.5) is 11.4 Å². The lowest BCUT2D eigenvalue weighted by molar-refractivity contribution is -0.124. The fourth-order valence-electron chi connectivity index (χ4n) is 2.53. The summed E-state index contributed by atoms with van der Waals surface area (Å²) < 4.78 is 38.7. The van der Waals surface area contributed by atoms with E-state index in [-0.39, 0.29) is 17.4 Å². The van der Waals surface area contributed by atoms with Crippen molar-refractivity contribution in [2.45, 2.75) is 25.7 Å². The van der Waals surface area contributed by atoms with Crippen LogP contribution in [0.3, 0.4) is 0 Å². The first kappa shape index (κ1) is 19.0. The molecule has 0 saturated heterocycles. The van der Waals surface area contributed by atoms with Crippen molar-refractivity contribution in [3.63, 3.8) is 0 Å². The monoisotopic (exact) mass is 390 g/mol. The largest absolute Gasteiger partial charge is 0.494 e. The van der Waals surface area contributed by atoms with Crippen LogP contribution in [0.1, 0.15) is 20.8 Å². The summed E-state index contributed by atoms with van der Waals surface area (Å²) in [4.78, 5) is 12.4. The van der Waals surface area contributed by atoms with Crippen molar-refractivity contribution in [1.82, 2.24) is 0 Å². The molecular weight excluding hydrogens is 368 g/mol. The molecule has 2 N–H and O–H groups in total. The van der Waals surface area contributed by atoms with Crippen molar-refractivity contribution in [3.8, 4) is 11.5 Å². The molecule has 8 heteroatoms. The van der Waals surface area contributed by atoms with Gasteiger partial charge in [0.2, 0.25) is 5.91 Å². The third-order valence-electron chi connectivity index (χ3n) is 4.13. The quantitative estimate of drug-likeness (QED) is 0.817. The number of anilines is 2. The lowest BCUT2D eigenvalue weighted by Gasteiger charge is -2.18. The normalized spacial score (nSPS) is 15.7. The van der Waals surface area contributed by atoms with Gasteiger partial charge in [0, 0.05) is 0 Å². The minimum atomic E-state index is -3.78. The molecule has 0 aliphatic carbocycles. The van der Waals surface area contributed by atoms with E-state index in [1.807, 2.05) is 6.92 Å². The Morgan fingerprint density at radius 2 is 1.89 bits per heavy atom. The van der Waals surface area contributed by atoms with Crippen molar-refractivity contribution in [1.29, 1.82) is 0 Å². The van der Waals surface area contributed by atoms with Gasteiger partial charge in [0.25, 0.3) is 10.0 Å². The van der Waals surface area contributed by atoms with Crippen molar-refractivity contribution < 1.29 is 22.7 Å². The number of carbonyl (C=O) groups is 1. The van der Waals surface area contributed by atoms with Gasteiger partial charge in [-0.15, -0.1) is 0 Å². The van der Waals surface area contributed by atoms with Gasteiger partial charge in [0.15, 0.2) is 0 Å². The van der Waals surface area contributed by atoms with E-state index in [1.54, 1.807) is 44.2 Å². The number of nitrogens with one attached hydrogen (secondary N) is 2. The molecule has 0 fully saturated rings. The maximum absolute atomic E-state index is 12.6. The fourth-order valence-corrected chi connectivity index (χ4v) is 3.58. The van der Waals surface area contributed by atoms with Gasteiger partial charge in [-0.1, -0.05) is 0 Å². The predicted molar refractivity (Wildman–Crippen MR) is 103 cm³/mol. The lowest BCUT2D eigenvalue weighted by Crippen LogP contribution is -2.33. The number of ether oxygens (including phenoxy) is 2. The summed E-state index contributed by atoms with van der Waals surface area (Å²) in [6.45, 7) is 6.16. The molecule has 1 amide bonds. The summed E-state index contributed by atoms with van der Waals surface area (Å²) in [6, 6.07) is 10.9. The Balaban J connectivity index is 1.83. The highest BCUT2D eigenvalue weighted by atomic mass is 32.2. The minimum Gasteiger partial charge on any atom is -0.494 e. The van der Waals surface area contributed by atoms with Crippen LogP contribution in [0.25, 0.3) is 0 Å². The van der Waals surface area contributed by atoms with Crippen LogP contribution in [-0.4, -0.2) is 27.5 Å². The number of hydrogen-bond donors (Lipinski definition) is 2. The molecule has 27 heavy (non-hydrogen) atoms. The van der Waals surface area contributed by atoms with Gasteiger partial charge in [-0.05, 0) is 63.2 Å². The predicted octanol–water partition coefficient (Wildman–Crippen LogP) is 3.24. The molecule has 0 atom stereocenters. The number of benzene rings is 2. The fraction of sp³-hybridized carbons (Fsp3) is 0.316. The first-order valence-electron chi connectivity index (χ1n) is 8.55. The summed E-state index contributed by atoms with van der Waals surface area (Å²) in [5.41, 5.74) is 0.0739. The van der Waals surface area contributed by atoms with E-state index in [9.17, 15) is 13.2 Å². The molecule has 1 aliphatic rings. The van der Waals surface area contributed by atoms with Crippen molar-refractivity contribution >= 4 is 27.3 Å². The van der Waals surface area contributed by atoms with Gasteiger partial charge in [-0.25, -0.2) is 8.42 Å². The molecule has 2 aromatic rings. The zero-order valence-electron chi connectivity index (χ0n) is 15.4. The molecule has 0 unspecified atom stereocenters. The van der Waals surface area contributed by atoms with Gasteiger partial charge >= 0.3 is 0 Å². The minimum absolute atomic E-state index is 0.113. The molecule has 1 heterocycles. The number of sulfonamides is 1. The SMILES string of the molecule is CCOc1ccc(S(=O)(=O)Nc2ccc3c(c2)NC(=O)C(C)(C)CO3)cc1. The molecule has 2 aromatic carbocycles. The summed E-state index contributed by atoms with van der Waals surface area (Å²) in [6.07, 6.45) is 0. The molecule has 0 radical (unpaired) electrons. The Hall–Kier alpha value is -2.74. The summed E-state index contributed by atoms with van der Waals surface area (Å²) in [7, 11) is -3.78. The zero-order valence-corrected chi connectivity index (χ0v) is 16.2. The van der Waals surface area contributed by atoms with E-state index in [2.05, 4.69) is 10.0 Å². The molecule has 7 nitrogen and oxygen atoms in total. The Labute approximate surface area is 158 Å². The number of fused-ring (bicyclic) bond motifs is 1.